The molecule has 0 heterocycles. The van der Waals surface area contributed by atoms with Gasteiger partial charge in [0.05, 0.1) is 18.0 Å². The van der Waals surface area contributed by atoms with Crippen LogP contribution in [-0.4, -0.2) is 0 Å². The summed E-state index contributed by atoms with van der Waals surface area (Å²) in [6.07, 6.45) is 2.65. The highest BCUT2D eigenvalue weighted by molar-refractivity contribution is 5.64. The predicted octanol–water partition coefficient (Wildman–Crippen LogP) is 4.25. The van der Waals surface area contributed by atoms with Crippen LogP contribution in [0.2, 0.25) is 0 Å². The zero-order chi connectivity index (χ0) is 12.8. The molecule has 0 unspecified atom stereocenters. The Morgan fingerprint density at radius 3 is 2.00 bits per heavy atom. The van der Waals surface area contributed by atoms with Crippen molar-refractivity contribution in [3.8, 4) is 17.2 Å². The molecule has 0 amide bonds. The summed E-state index contributed by atoms with van der Waals surface area (Å²) in [5, 5.41) is 8.73. The van der Waals surface area contributed by atoms with Crippen LogP contribution >= 0.6 is 0 Å². The number of halogens is 1. The van der Waals surface area contributed by atoms with Gasteiger partial charge in [0.25, 0.3) is 0 Å². The maximum absolute atomic E-state index is 11.9. The van der Waals surface area contributed by atoms with Crippen LogP contribution in [0.4, 0.5) is 4.39 Å². The normalized spacial score (nSPS) is 10.4. The maximum atomic E-state index is 11.9. The Bertz CT molecular complexity index is 574. The molecule has 0 atom stereocenters. The van der Waals surface area contributed by atoms with E-state index in [0.29, 0.717) is 18.3 Å². The van der Waals surface area contributed by atoms with E-state index in [2.05, 4.69) is 6.07 Å². The Balaban J connectivity index is 2.20. The van der Waals surface area contributed by atoms with Gasteiger partial charge in [-0.2, -0.15) is 5.26 Å². The molecule has 0 fully saturated rings. The standard InChI is InChI=1S/C16H12FN/c17-11-1-2-13-3-7-15(8-4-13)16-9-5-14(12-18)6-10-16/h1,3-11H,2H2/b11-1+. The van der Waals surface area contributed by atoms with Gasteiger partial charge in [-0.1, -0.05) is 42.5 Å². The summed E-state index contributed by atoms with van der Waals surface area (Å²) < 4.78 is 11.9. The third kappa shape index (κ3) is 2.83. The molecule has 0 saturated carbocycles. The lowest BCUT2D eigenvalue weighted by atomic mass is 10.0. The van der Waals surface area contributed by atoms with Gasteiger partial charge in [-0.3, -0.25) is 0 Å². The van der Waals surface area contributed by atoms with E-state index < -0.39 is 0 Å². The van der Waals surface area contributed by atoms with Crippen LogP contribution in [0, 0.1) is 11.3 Å². The second kappa shape index (κ2) is 5.79. The van der Waals surface area contributed by atoms with Crippen LogP contribution in [0.1, 0.15) is 11.1 Å². The fourth-order valence-corrected chi connectivity index (χ4v) is 1.75. The average Bonchev–Trinajstić information content (AvgIpc) is 2.46. The highest BCUT2D eigenvalue weighted by atomic mass is 19.1. The monoisotopic (exact) mass is 237 g/mol. The Morgan fingerprint density at radius 1 is 0.944 bits per heavy atom. The van der Waals surface area contributed by atoms with Crippen LogP contribution in [0.5, 0.6) is 0 Å². The first kappa shape index (κ1) is 12.1. The van der Waals surface area contributed by atoms with Gasteiger partial charge in [-0.15, -0.1) is 0 Å². The number of nitriles is 1. The lowest BCUT2D eigenvalue weighted by molar-refractivity contribution is 0.716. The average molecular weight is 237 g/mol. The maximum Gasteiger partial charge on any atom is 0.0991 e. The third-order valence-electron chi connectivity index (χ3n) is 2.74. The molecular formula is C16H12FN. The van der Waals surface area contributed by atoms with Crippen LogP contribution in [-0.2, 0) is 6.42 Å². The Morgan fingerprint density at radius 2 is 1.50 bits per heavy atom. The number of hydrogen-bond donors (Lipinski definition) is 0. The fourth-order valence-electron chi connectivity index (χ4n) is 1.75. The van der Waals surface area contributed by atoms with Gasteiger partial charge in [0.15, 0.2) is 0 Å². The molecule has 88 valence electrons. The molecule has 2 heteroatoms. The molecule has 0 aliphatic carbocycles. The molecule has 0 saturated heterocycles. The van der Waals surface area contributed by atoms with Gasteiger partial charge in [0.2, 0.25) is 0 Å². The first-order valence-corrected chi connectivity index (χ1v) is 5.68. The van der Waals surface area contributed by atoms with Gasteiger partial charge in [0, 0.05) is 0 Å². The molecule has 0 N–H and O–H groups in total. The van der Waals surface area contributed by atoms with Crippen molar-refractivity contribution in [1.82, 2.24) is 0 Å². The molecule has 0 spiro atoms. The fraction of sp³-hybridized carbons (Fsp3) is 0.0625. The second-order valence-corrected chi connectivity index (χ2v) is 3.95. The van der Waals surface area contributed by atoms with Crippen molar-refractivity contribution in [3.05, 3.63) is 72.1 Å². The van der Waals surface area contributed by atoms with Crippen molar-refractivity contribution in [2.45, 2.75) is 6.42 Å². The summed E-state index contributed by atoms with van der Waals surface area (Å²) in [6, 6.07) is 17.5. The number of benzene rings is 2. The molecule has 0 aliphatic heterocycles. The topological polar surface area (TPSA) is 23.8 Å². The summed E-state index contributed by atoms with van der Waals surface area (Å²) >= 11 is 0. The van der Waals surface area contributed by atoms with E-state index in [4.69, 9.17) is 5.26 Å². The number of allylic oxidation sites excluding steroid dienone is 1. The molecular weight excluding hydrogens is 225 g/mol. The first-order valence-electron chi connectivity index (χ1n) is 5.68. The van der Waals surface area contributed by atoms with E-state index in [1.54, 1.807) is 12.1 Å². The van der Waals surface area contributed by atoms with Gasteiger partial charge in [-0.05, 0) is 35.2 Å². The second-order valence-electron chi connectivity index (χ2n) is 3.95. The Labute approximate surface area is 106 Å². The van der Waals surface area contributed by atoms with E-state index in [1.165, 1.54) is 6.08 Å². The molecule has 2 aromatic rings. The number of rotatable bonds is 3. The van der Waals surface area contributed by atoms with Gasteiger partial charge in [0.1, 0.15) is 0 Å². The van der Waals surface area contributed by atoms with Gasteiger partial charge in [-0.25, -0.2) is 4.39 Å². The lowest BCUT2D eigenvalue weighted by Crippen LogP contribution is -1.83. The molecule has 0 bridgehead atoms. The van der Waals surface area contributed by atoms with E-state index in [0.717, 1.165) is 16.7 Å². The first-order chi connectivity index (χ1) is 8.83. The molecule has 2 aromatic carbocycles. The quantitative estimate of drug-likeness (QED) is 0.782. The summed E-state index contributed by atoms with van der Waals surface area (Å²) in [6.45, 7) is 0. The van der Waals surface area contributed by atoms with E-state index in [-0.39, 0.29) is 0 Å². The Hall–Kier alpha value is -2.40. The van der Waals surface area contributed by atoms with Crippen molar-refractivity contribution < 1.29 is 4.39 Å². The van der Waals surface area contributed by atoms with Gasteiger partial charge >= 0.3 is 0 Å². The van der Waals surface area contributed by atoms with Crippen LogP contribution in [0.15, 0.2) is 60.9 Å². The molecule has 2 rings (SSSR count). The zero-order valence-electron chi connectivity index (χ0n) is 9.81. The minimum Gasteiger partial charge on any atom is -0.216 e. The van der Waals surface area contributed by atoms with E-state index in [9.17, 15) is 4.39 Å². The van der Waals surface area contributed by atoms with Gasteiger partial charge < -0.3 is 0 Å². The highest BCUT2D eigenvalue weighted by Gasteiger charge is 1.98. The molecule has 0 aromatic heterocycles. The van der Waals surface area contributed by atoms with E-state index in [1.807, 2.05) is 36.4 Å². The summed E-state index contributed by atoms with van der Waals surface area (Å²) in [7, 11) is 0. The summed E-state index contributed by atoms with van der Waals surface area (Å²) in [4.78, 5) is 0. The third-order valence-corrected chi connectivity index (χ3v) is 2.74. The largest absolute Gasteiger partial charge is 0.216 e. The summed E-state index contributed by atoms with van der Waals surface area (Å²) in [5.41, 5.74) is 3.89. The lowest BCUT2D eigenvalue weighted by Gasteiger charge is -2.03. The van der Waals surface area contributed by atoms with Crippen molar-refractivity contribution in [3.63, 3.8) is 0 Å². The van der Waals surface area contributed by atoms with Crippen molar-refractivity contribution >= 4 is 0 Å². The minimum absolute atomic E-state index is 0.564. The van der Waals surface area contributed by atoms with Crippen LogP contribution in [0.3, 0.4) is 0 Å². The molecule has 0 radical (unpaired) electrons. The zero-order valence-corrected chi connectivity index (χ0v) is 9.81. The number of nitrogens with zero attached hydrogens (tertiary/aromatic N) is 1. The van der Waals surface area contributed by atoms with E-state index >= 15 is 0 Å². The SMILES string of the molecule is N#Cc1ccc(-c2ccc(C/C=C/F)cc2)cc1. The van der Waals surface area contributed by atoms with Crippen molar-refractivity contribution in [2.75, 3.05) is 0 Å². The van der Waals surface area contributed by atoms with Crippen molar-refractivity contribution in [2.24, 2.45) is 0 Å². The van der Waals surface area contributed by atoms with Crippen molar-refractivity contribution in [1.29, 1.82) is 5.26 Å². The Kier molecular flexibility index (Phi) is 3.88. The minimum atomic E-state index is 0.564. The molecule has 1 nitrogen and oxygen atoms in total. The van der Waals surface area contributed by atoms with Crippen LogP contribution < -0.4 is 0 Å². The van der Waals surface area contributed by atoms with Crippen LogP contribution in [0.25, 0.3) is 11.1 Å². The number of hydrogen-bond acceptors (Lipinski definition) is 1. The molecule has 0 aliphatic rings. The molecule has 18 heavy (non-hydrogen) atoms. The predicted molar refractivity (Wildman–Crippen MR) is 70.5 cm³/mol. The summed E-state index contributed by atoms with van der Waals surface area (Å²) in [5.74, 6) is 0. The smallest absolute Gasteiger partial charge is 0.0991 e. The highest BCUT2D eigenvalue weighted by Crippen LogP contribution is 2.20.